The van der Waals surface area contributed by atoms with Crippen molar-refractivity contribution in [2.24, 2.45) is 0 Å². The number of aromatic nitrogens is 2. The molecule has 2 N–H and O–H groups in total. The Morgan fingerprint density at radius 1 is 1.27 bits per heavy atom. The first-order valence-electron chi connectivity index (χ1n) is 7.12. The maximum Gasteiger partial charge on any atom is 0.163 e. The van der Waals surface area contributed by atoms with E-state index in [1.54, 1.807) is 12.6 Å². The predicted molar refractivity (Wildman–Crippen MR) is 87.3 cm³/mol. The van der Waals surface area contributed by atoms with Crippen molar-refractivity contribution in [3.05, 3.63) is 53.7 Å². The average Bonchev–Trinajstić information content (AvgIpc) is 3.01. The number of halogens is 1. The van der Waals surface area contributed by atoms with E-state index in [9.17, 15) is 0 Å². The molecule has 1 aromatic carbocycles. The number of anilines is 1. The van der Waals surface area contributed by atoms with Crippen LogP contribution in [0.4, 0.5) is 5.82 Å². The van der Waals surface area contributed by atoms with Crippen molar-refractivity contribution in [2.75, 3.05) is 26.0 Å². The van der Waals surface area contributed by atoms with Gasteiger partial charge in [-0.25, -0.2) is 9.97 Å². The first-order valence-corrected chi connectivity index (χ1v) is 7.50. The summed E-state index contributed by atoms with van der Waals surface area (Å²) in [6.45, 7) is 0.713. The fourth-order valence-corrected chi connectivity index (χ4v) is 2.61. The number of furan rings is 1. The average molecular weight is 318 g/mol. The van der Waals surface area contributed by atoms with Crippen molar-refractivity contribution in [1.82, 2.24) is 9.97 Å². The van der Waals surface area contributed by atoms with E-state index in [0.29, 0.717) is 11.6 Å². The minimum absolute atomic E-state index is 0.201. The summed E-state index contributed by atoms with van der Waals surface area (Å²) in [6, 6.07) is 9.73. The summed E-state index contributed by atoms with van der Waals surface area (Å²) in [6.07, 6.45) is 3.25. The maximum atomic E-state index is 6.01. The summed E-state index contributed by atoms with van der Waals surface area (Å²) in [4.78, 5) is 9.88. The Kier molecular flexibility index (Phi) is 4.27. The summed E-state index contributed by atoms with van der Waals surface area (Å²) in [5, 5.41) is 5.03. The Labute approximate surface area is 133 Å². The van der Waals surface area contributed by atoms with Crippen molar-refractivity contribution in [1.29, 1.82) is 0 Å². The molecular weight excluding hydrogens is 300 g/mol. The first kappa shape index (κ1) is 14.8. The van der Waals surface area contributed by atoms with Crippen LogP contribution in [0.2, 0.25) is 5.02 Å². The van der Waals surface area contributed by atoms with E-state index in [1.165, 1.54) is 4.90 Å². The summed E-state index contributed by atoms with van der Waals surface area (Å²) in [7, 11) is 4.21. The topological polar surface area (TPSA) is 55.4 Å². The van der Waals surface area contributed by atoms with Crippen LogP contribution in [-0.4, -0.2) is 30.6 Å². The number of nitrogens with one attached hydrogen (secondary N) is 2. The molecule has 6 heteroatoms. The molecule has 0 saturated carbocycles. The Bertz CT molecular complexity index is 758. The summed E-state index contributed by atoms with van der Waals surface area (Å²) in [5.74, 6) is 1.76. The van der Waals surface area contributed by atoms with Gasteiger partial charge in [-0.15, -0.1) is 0 Å². The molecule has 3 rings (SSSR count). The molecule has 2 heterocycles. The van der Waals surface area contributed by atoms with E-state index in [4.69, 9.17) is 16.0 Å². The molecule has 0 fully saturated rings. The SMILES string of the molecule is C[NH+](C)[C@@H](CNc1ncnc2cc(Cl)ccc12)c1ccco1. The van der Waals surface area contributed by atoms with E-state index < -0.39 is 0 Å². The molecule has 0 aliphatic carbocycles. The number of benzene rings is 1. The van der Waals surface area contributed by atoms with Gasteiger partial charge in [0, 0.05) is 10.4 Å². The summed E-state index contributed by atoms with van der Waals surface area (Å²) >= 11 is 6.01. The fraction of sp³-hybridized carbons (Fsp3) is 0.250. The number of hydrogen-bond acceptors (Lipinski definition) is 4. The van der Waals surface area contributed by atoms with Crippen molar-refractivity contribution < 1.29 is 9.32 Å². The highest BCUT2D eigenvalue weighted by atomic mass is 35.5. The van der Waals surface area contributed by atoms with Gasteiger partial charge in [-0.1, -0.05) is 11.6 Å². The van der Waals surface area contributed by atoms with Gasteiger partial charge in [0.2, 0.25) is 0 Å². The smallest absolute Gasteiger partial charge is 0.163 e. The molecular formula is C16H18ClN4O+. The number of fused-ring (bicyclic) bond motifs is 1. The second kappa shape index (κ2) is 6.34. The molecule has 3 aromatic rings. The second-order valence-electron chi connectivity index (χ2n) is 5.41. The largest absolute Gasteiger partial charge is 0.463 e. The third-order valence-corrected chi connectivity index (χ3v) is 3.89. The highest BCUT2D eigenvalue weighted by Gasteiger charge is 2.20. The number of nitrogens with zero attached hydrogens (tertiary/aromatic N) is 2. The molecule has 22 heavy (non-hydrogen) atoms. The summed E-state index contributed by atoms with van der Waals surface area (Å²) < 4.78 is 5.54. The minimum atomic E-state index is 0.201. The van der Waals surface area contributed by atoms with Gasteiger partial charge in [0.05, 0.1) is 32.4 Å². The number of rotatable bonds is 5. The van der Waals surface area contributed by atoms with Crippen LogP contribution >= 0.6 is 11.6 Å². The predicted octanol–water partition coefficient (Wildman–Crippen LogP) is 2.17. The number of likely N-dealkylation sites (N-methyl/N-ethyl adjacent to an activating group) is 1. The van der Waals surface area contributed by atoms with Gasteiger partial charge >= 0.3 is 0 Å². The highest BCUT2D eigenvalue weighted by molar-refractivity contribution is 6.31. The zero-order valence-corrected chi connectivity index (χ0v) is 13.3. The van der Waals surface area contributed by atoms with E-state index in [1.807, 2.05) is 30.3 Å². The molecule has 0 amide bonds. The van der Waals surface area contributed by atoms with Crippen LogP contribution in [0.1, 0.15) is 11.8 Å². The second-order valence-corrected chi connectivity index (χ2v) is 5.85. The van der Waals surface area contributed by atoms with Crippen molar-refractivity contribution >= 4 is 28.3 Å². The van der Waals surface area contributed by atoms with Gasteiger partial charge < -0.3 is 14.6 Å². The Hall–Kier alpha value is -2.11. The van der Waals surface area contributed by atoms with Gasteiger partial charge in [-0.05, 0) is 30.3 Å². The maximum absolute atomic E-state index is 6.01. The van der Waals surface area contributed by atoms with Gasteiger partial charge in [0.15, 0.2) is 11.8 Å². The van der Waals surface area contributed by atoms with E-state index in [0.717, 1.165) is 22.5 Å². The molecule has 1 atom stereocenters. The standard InChI is InChI=1S/C16H17ClN4O/c1-21(2)14(15-4-3-7-22-15)9-18-16-12-6-5-11(17)8-13(12)19-10-20-16/h3-8,10,14H,9H2,1-2H3,(H,18,19,20)/p+1/t14-/m0/s1. The Morgan fingerprint density at radius 2 is 2.14 bits per heavy atom. The van der Waals surface area contributed by atoms with E-state index in [2.05, 4.69) is 29.4 Å². The zero-order valence-electron chi connectivity index (χ0n) is 12.5. The lowest BCUT2D eigenvalue weighted by Gasteiger charge is -2.20. The van der Waals surface area contributed by atoms with Gasteiger partial charge in [0.25, 0.3) is 0 Å². The van der Waals surface area contributed by atoms with Crippen LogP contribution in [0.5, 0.6) is 0 Å². The Balaban J connectivity index is 1.84. The molecule has 0 unspecified atom stereocenters. The zero-order chi connectivity index (χ0) is 15.5. The first-order chi connectivity index (χ1) is 10.6. The van der Waals surface area contributed by atoms with Crippen LogP contribution in [0.15, 0.2) is 47.3 Å². The van der Waals surface area contributed by atoms with Crippen molar-refractivity contribution in [2.45, 2.75) is 6.04 Å². The number of hydrogen-bond donors (Lipinski definition) is 2. The molecule has 0 aliphatic heterocycles. The lowest BCUT2D eigenvalue weighted by Crippen LogP contribution is -3.06. The van der Waals surface area contributed by atoms with E-state index >= 15 is 0 Å². The Morgan fingerprint density at radius 3 is 2.86 bits per heavy atom. The van der Waals surface area contributed by atoms with Crippen molar-refractivity contribution in [3.63, 3.8) is 0 Å². The van der Waals surface area contributed by atoms with Crippen LogP contribution in [-0.2, 0) is 0 Å². The van der Waals surface area contributed by atoms with Crippen LogP contribution in [0.3, 0.4) is 0 Å². The molecule has 2 aromatic heterocycles. The van der Waals surface area contributed by atoms with Crippen molar-refractivity contribution in [3.8, 4) is 0 Å². The minimum Gasteiger partial charge on any atom is -0.463 e. The molecule has 0 saturated heterocycles. The molecule has 5 nitrogen and oxygen atoms in total. The lowest BCUT2D eigenvalue weighted by atomic mass is 10.2. The molecule has 0 aliphatic rings. The van der Waals surface area contributed by atoms with Gasteiger partial charge in [-0.3, -0.25) is 0 Å². The van der Waals surface area contributed by atoms with Crippen LogP contribution in [0.25, 0.3) is 10.9 Å². The fourth-order valence-electron chi connectivity index (χ4n) is 2.45. The third-order valence-electron chi connectivity index (χ3n) is 3.66. The number of quaternary nitrogens is 1. The monoisotopic (exact) mass is 317 g/mol. The third kappa shape index (κ3) is 3.05. The summed E-state index contributed by atoms with van der Waals surface area (Å²) in [5.41, 5.74) is 0.830. The molecule has 0 spiro atoms. The quantitative estimate of drug-likeness (QED) is 0.757. The van der Waals surface area contributed by atoms with E-state index in [-0.39, 0.29) is 6.04 Å². The van der Waals surface area contributed by atoms with Crippen LogP contribution < -0.4 is 10.2 Å². The van der Waals surface area contributed by atoms with Gasteiger partial charge in [-0.2, -0.15) is 0 Å². The molecule has 114 valence electrons. The van der Waals surface area contributed by atoms with Crippen LogP contribution in [0, 0.1) is 0 Å². The normalized spacial score (nSPS) is 12.7. The lowest BCUT2D eigenvalue weighted by molar-refractivity contribution is -0.891. The molecule has 0 bridgehead atoms. The van der Waals surface area contributed by atoms with Gasteiger partial charge in [0.1, 0.15) is 12.1 Å². The highest BCUT2D eigenvalue weighted by Crippen LogP contribution is 2.23. The molecule has 0 radical (unpaired) electrons.